The van der Waals surface area contributed by atoms with E-state index < -0.39 is 0 Å². The fourth-order valence-corrected chi connectivity index (χ4v) is 2.67. The third-order valence-corrected chi connectivity index (χ3v) is 3.33. The van der Waals surface area contributed by atoms with E-state index in [1.54, 1.807) is 0 Å². The molecule has 0 radical (unpaired) electrons. The molecule has 1 spiro atoms. The highest BCUT2D eigenvalue weighted by Gasteiger charge is 2.40. The highest BCUT2D eigenvalue weighted by molar-refractivity contribution is 4.92. The van der Waals surface area contributed by atoms with Crippen molar-refractivity contribution in [3.05, 3.63) is 0 Å². The smallest absolute Gasteiger partial charge is 0.0536 e. The zero-order chi connectivity index (χ0) is 9.31. The number of hydrogen-bond donors (Lipinski definition) is 0. The van der Waals surface area contributed by atoms with Crippen LogP contribution in [0.4, 0.5) is 0 Å². The minimum Gasteiger partial charge on any atom is -0.381 e. The first-order chi connectivity index (χ1) is 6.20. The summed E-state index contributed by atoms with van der Waals surface area (Å²) in [4.78, 5) is 2.61. The van der Waals surface area contributed by atoms with Crippen molar-refractivity contribution < 1.29 is 4.74 Å². The van der Waals surface area contributed by atoms with Crippen LogP contribution in [0.15, 0.2) is 0 Å². The maximum absolute atomic E-state index is 5.51. The van der Waals surface area contributed by atoms with Crippen LogP contribution in [0, 0.1) is 11.3 Å². The Labute approximate surface area is 81.3 Å². The van der Waals surface area contributed by atoms with Crippen molar-refractivity contribution in [3.8, 4) is 0 Å². The molecule has 13 heavy (non-hydrogen) atoms. The van der Waals surface area contributed by atoms with E-state index in [2.05, 4.69) is 18.7 Å². The van der Waals surface area contributed by atoms with Gasteiger partial charge in [-0.05, 0) is 25.3 Å². The van der Waals surface area contributed by atoms with Crippen LogP contribution in [0.25, 0.3) is 0 Å². The number of likely N-dealkylation sites (tertiary alicyclic amines) is 1. The average Bonchev–Trinajstić information content (AvgIpc) is 2.63. The second kappa shape index (κ2) is 3.58. The molecule has 0 bridgehead atoms. The van der Waals surface area contributed by atoms with Gasteiger partial charge < -0.3 is 9.64 Å². The van der Waals surface area contributed by atoms with Gasteiger partial charge in [0.2, 0.25) is 0 Å². The summed E-state index contributed by atoms with van der Waals surface area (Å²) in [7, 11) is 0. The first kappa shape index (κ1) is 9.47. The molecule has 2 aliphatic rings. The maximum atomic E-state index is 5.51. The Hall–Kier alpha value is -0.0800. The molecule has 0 aromatic heterocycles. The van der Waals surface area contributed by atoms with Gasteiger partial charge in [-0.2, -0.15) is 0 Å². The molecule has 2 saturated heterocycles. The molecule has 1 unspecified atom stereocenters. The van der Waals surface area contributed by atoms with Crippen molar-refractivity contribution >= 4 is 0 Å². The molecular formula is C11H21NO. The molecule has 2 fully saturated rings. The summed E-state index contributed by atoms with van der Waals surface area (Å²) in [6.45, 7) is 10.5. The summed E-state index contributed by atoms with van der Waals surface area (Å²) in [6.07, 6.45) is 2.65. The Bertz CT molecular complexity index is 173. The molecule has 0 aromatic carbocycles. The standard InChI is InChI=1S/C11H21NO/c1-10(2)7-12-5-3-11(8-12)4-6-13-9-11/h10H,3-9H2,1-2H3. The number of nitrogens with zero attached hydrogens (tertiary/aromatic N) is 1. The lowest BCUT2D eigenvalue weighted by molar-refractivity contribution is 0.150. The van der Waals surface area contributed by atoms with Crippen molar-refractivity contribution in [2.75, 3.05) is 32.8 Å². The molecule has 76 valence electrons. The second-order valence-electron chi connectivity index (χ2n) is 5.18. The van der Waals surface area contributed by atoms with Crippen molar-refractivity contribution in [1.29, 1.82) is 0 Å². The molecule has 1 atom stereocenters. The molecule has 2 nitrogen and oxygen atoms in total. The first-order valence-corrected chi connectivity index (χ1v) is 5.50. The first-order valence-electron chi connectivity index (χ1n) is 5.50. The minimum absolute atomic E-state index is 0.550. The normalized spacial score (nSPS) is 35.3. The van der Waals surface area contributed by atoms with E-state index in [1.165, 1.54) is 32.5 Å². The molecule has 2 heterocycles. The van der Waals surface area contributed by atoms with Crippen molar-refractivity contribution in [2.45, 2.75) is 26.7 Å². The Morgan fingerprint density at radius 1 is 1.38 bits per heavy atom. The summed E-state index contributed by atoms with van der Waals surface area (Å²) in [5.74, 6) is 0.803. The van der Waals surface area contributed by atoms with Gasteiger partial charge in [0.15, 0.2) is 0 Å². The van der Waals surface area contributed by atoms with E-state index in [0.29, 0.717) is 5.41 Å². The molecular weight excluding hydrogens is 162 g/mol. The highest BCUT2D eigenvalue weighted by atomic mass is 16.5. The molecule has 0 aromatic rings. The molecule has 0 amide bonds. The molecule has 2 rings (SSSR count). The quantitative estimate of drug-likeness (QED) is 0.647. The van der Waals surface area contributed by atoms with Crippen LogP contribution < -0.4 is 0 Å². The van der Waals surface area contributed by atoms with Gasteiger partial charge in [-0.25, -0.2) is 0 Å². The van der Waals surface area contributed by atoms with Crippen LogP contribution in [0.5, 0.6) is 0 Å². The van der Waals surface area contributed by atoms with E-state index in [0.717, 1.165) is 19.1 Å². The zero-order valence-corrected chi connectivity index (χ0v) is 8.88. The van der Waals surface area contributed by atoms with E-state index in [-0.39, 0.29) is 0 Å². The molecule has 0 aliphatic carbocycles. The monoisotopic (exact) mass is 183 g/mol. The summed E-state index contributed by atoms with van der Waals surface area (Å²) in [5.41, 5.74) is 0.550. The largest absolute Gasteiger partial charge is 0.381 e. The molecule has 0 N–H and O–H groups in total. The average molecular weight is 183 g/mol. The lowest BCUT2D eigenvalue weighted by Gasteiger charge is -2.22. The predicted molar refractivity (Wildman–Crippen MR) is 53.8 cm³/mol. The lowest BCUT2D eigenvalue weighted by Crippen LogP contribution is -2.30. The van der Waals surface area contributed by atoms with Crippen LogP contribution in [0.1, 0.15) is 26.7 Å². The fourth-order valence-electron chi connectivity index (χ4n) is 2.67. The highest BCUT2D eigenvalue weighted by Crippen LogP contribution is 2.38. The fraction of sp³-hybridized carbons (Fsp3) is 1.00. The van der Waals surface area contributed by atoms with E-state index in [9.17, 15) is 0 Å². The predicted octanol–water partition coefficient (Wildman–Crippen LogP) is 1.75. The second-order valence-corrected chi connectivity index (χ2v) is 5.18. The van der Waals surface area contributed by atoms with Crippen LogP contribution in [0.3, 0.4) is 0 Å². The number of hydrogen-bond acceptors (Lipinski definition) is 2. The Kier molecular flexibility index (Phi) is 2.61. The zero-order valence-electron chi connectivity index (χ0n) is 8.88. The summed E-state index contributed by atoms with van der Waals surface area (Å²) >= 11 is 0. The van der Waals surface area contributed by atoms with E-state index in [4.69, 9.17) is 4.74 Å². The lowest BCUT2D eigenvalue weighted by atomic mass is 9.87. The third-order valence-electron chi connectivity index (χ3n) is 3.33. The van der Waals surface area contributed by atoms with Gasteiger partial charge in [-0.3, -0.25) is 0 Å². The minimum atomic E-state index is 0.550. The van der Waals surface area contributed by atoms with Crippen LogP contribution in [-0.4, -0.2) is 37.7 Å². The SMILES string of the molecule is CC(C)CN1CCC2(CCOC2)C1. The Morgan fingerprint density at radius 2 is 2.23 bits per heavy atom. The number of ether oxygens (including phenoxy) is 1. The van der Waals surface area contributed by atoms with Crippen molar-refractivity contribution in [3.63, 3.8) is 0 Å². The Morgan fingerprint density at radius 3 is 2.85 bits per heavy atom. The van der Waals surface area contributed by atoms with Crippen molar-refractivity contribution in [1.82, 2.24) is 4.90 Å². The summed E-state index contributed by atoms with van der Waals surface area (Å²) < 4.78 is 5.51. The third kappa shape index (κ3) is 2.05. The van der Waals surface area contributed by atoms with Gasteiger partial charge >= 0.3 is 0 Å². The molecule has 0 saturated carbocycles. The Balaban J connectivity index is 1.86. The van der Waals surface area contributed by atoms with Gasteiger partial charge in [-0.1, -0.05) is 13.8 Å². The van der Waals surface area contributed by atoms with Crippen LogP contribution in [-0.2, 0) is 4.74 Å². The van der Waals surface area contributed by atoms with E-state index >= 15 is 0 Å². The van der Waals surface area contributed by atoms with Gasteiger partial charge in [-0.15, -0.1) is 0 Å². The van der Waals surface area contributed by atoms with Crippen LogP contribution in [0.2, 0.25) is 0 Å². The number of rotatable bonds is 2. The van der Waals surface area contributed by atoms with Crippen LogP contribution >= 0.6 is 0 Å². The summed E-state index contributed by atoms with van der Waals surface area (Å²) in [6, 6.07) is 0. The van der Waals surface area contributed by atoms with Gasteiger partial charge in [0.05, 0.1) is 6.61 Å². The van der Waals surface area contributed by atoms with Gasteiger partial charge in [0, 0.05) is 25.1 Å². The van der Waals surface area contributed by atoms with Gasteiger partial charge in [0.25, 0.3) is 0 Å². The maximum Gasteiger partial charge on any atom is 0.0536 e. The summed E-state index contributed by atoms with van der Waals surface area (Å²) in [5, 5.41) is 0. The van der Waals surface area contributed by atoms with Crippen molar-refractivity contribution in [2.24, 2.45) is 11.3 Å². The van der Waals surface area contributed by atoms with Gasteiger partial charge in [0.1, 0.15) is 0 Å². The van der Waals surface area contributed by atoms with E-state index in [1.807, 2.05) is 0 Å². The topological polar surface area (TPSA) is 12.5 Å². The molecule has 2 heteroatoms. The molecule has 2 aliphatic heterocycles.